The molecule has 3 atom stereocenters. The molecule has 38 heavy (non-hydrogen) atoms. The second kappa shape index (κ2) is 15.2. The first kappa shape index (κ1) is 30.1. The number of pyridine rings is 1. The molecule has 1 aromatic heterocycles. The zero-order valence-electron chi connectivity index (χ0n) is 21.8. The number of carbonyl (C=O) groups excluding carboxylic acids is 2. The Morgan fingerprint density at radius 1 is 1.18 bits per heavy atom. The van der Waals surface area contributed by atoms with Gasteiger partial charge in [-0.3, -0.25) is 19.6 Å². The van der Waals surface area contributed by atoms with Crippen LogP contribution in [0.2, 0.25) is 0 Å². The monoisotopic (exact) mass is 530 g/mol. The van der Waals surface area contributed by atoms with E-state index in [2.05, 4.69) is 25.9 Å². The van der Waals surface area contributed by atoms with Crippen molar-refractivity contribution in [1.29, 1.82) is 0 Å². The second-order valence-electron chi connectivity index (χ2n) is 8.95. The molecule has 208 valence electrons. The first-order chi connectivity index (χ1) is 18.1. The number of carboxylic acid groups (broad SMARTS) is 1. The number of aromatic nitrogens is 1. The van der Waals surface area contributed by atoms with Crippen molar-refractivity contribution < 1.29 is 24.2 Å². The van der Waals surface area contributed by atoms with Crippen LogP contribution in [0.1, 0.15) is 39.0 Å². The number of ether oxygens (including phenoxy) is 1. The first-order valence-corrected chi connectivity index (χ1v) is 12.4. The van der Waals surface area contributed by atoms with Gasteiger partial charge in [-0.15, -0.1) is 0 Å². The molecule has 2 rings (SSSR count). The van der Waals surface area contributed by atoms with Gasteiger partial charge in [-0.1, -0.05) is 6.07 Å². The van der Waals surface area contributed by atoms with E-state index in [1.165, 1.54) is 0 Å². The maximum atomic E-state index is 12.3. The number of fused-ring (bicyclic) bond motifs is 1. The van der Waals surface area contributed by atoms with Crippen LogP contribution in [0.25, 0.3) is 10.9 Å². The van der Waals surface area contributed by atoms with Gasteiger partial charge >= 0.3 is 5.97 Å². The van der Waals surface area contributed by atoms with Gasteiger partial charge in [0.25, 0.3) is 0 Å². The summed E-state index contributed by atoms with van der Waals surface area (Å²) in [4.78, 5) is 44.3. The Morgan fingerprint density at radius 3 is 2.63 bits per heavy atom. The molecule has 10 N–H and O–H groups in total. The number of nitrogens with zero attached hydrogens (tertiary/aromatic N) is 2. The van der Waals surface area contributed by atoms with E-state index in [9.17, 15) is 19.5 Å². The van der Waals surface area contributed by atoms with Gasteiger partial charge in [-0.25, -0.2) is 4.79 Å². The Bertz CT molecular complexity index is 1120. The Labute approximate surface area is 221 Å². The molecular formula is C25H38N8O5. The van der Waals surface area contributed by atoms with E-state index >= 15 is 0 Å². The number of carbonyl (C=O) groups is 3. The summed E-state index contributed by atoms with van der Waals surface area (Å²) < 4.78 is 5.38. The molecule has 0 spiro atoms. The number of nitrogens with one attached hydrogen (secondary N) is 3. The lowest BCUT2D eigenvalue weighted by Crippen LogP contribution is -2.50. The van der Waals surface area contributed by atoms with Crippen LogP contribution < -0.4 is 37.9 Å². The number of aliphatic carboxylic acids is 1. The van der Waals surface area contributed by atoms with Crippen molar-refractivity contribution in [3.05, 3.63) is 30.5 Å². The average Bonchev–Trinajstić information content (AvgIpc) is 2.88. The highest BCUT2D eigenvalue weighted by molar-refractivity contribution is 5.92. The van der Waals surface area contributed by atoms with Gasteiger partial charge in [0, 0.05) is 36.8 Å². The van der Waals surface area contributed by atoms with E-state index in [0.717, 1.165) is 28.8 Å². The lowest BCUT2D eigenvalue weighted by molar-refractivity contribution is -0.143. The van der Waals surface area contributed by atoms with Crippen LogP contribution in [0, 0.1) is 0 Å². The largest absolute Gasteiger partial charge is 0.497 e. The fraction of sp³-hybridized carbons (Fsp3) is 0.480. The third-order valence-electron chi connectivity index (χ3n) is 5.76. The standard InChI is InChI=1S/C25H38N8O5/c1-15(32-19-13-17(38-2)12-16-7-4-10-30-22(16)19)6-3-9-29-21(34)14-20(24(36)37)33-23(35)18(26)8-5-11-31-25(27)28/h4,7,10,12-13,15,18,20,32H,3,5-6,8-9,11,14,26H2,1-2H3,(H,29,34)(H,33,35)(H,36,37)(H4,27,28,31)/t15?,18-,20-/m0/s1. The summed E-state index contributed by atoms with van der Waals surface area (Å²) >= 11 is 0. The SMILES string of the molecule is COc1cc(NC(C)CCCNC(=O)C[C@H](NC(=O)[C@@H](N)CCCN=C(N)N)C(=O)O)c2ncccc2c1. The summed E-state index contributed by atoms with van der Waals surface area (Å²) in [5.74, 6) is -1.80. The zero-order valence-corrected chi connectivity index (χ0v) is 21.8. The summed E-state index contributed by atoms with van der Waals surface area (Å²) in [5, 5.41) is 18.8. The van der Waals surface area contributed by atoms with Crippen LogP contribution in [0.3, 0.4) is 0 Å². The van der Waals surface area contributed by atoms with Crippen molar-refractivity contribution in [2.24, 2.45) is 22.2 Å². The Hall–Kier alpha value is -4.13. The minimum atomic E-state index is -1.39. The average molecular weight is 531 g/mol. The van der Waals surface area contributed by atoms with E-state index < -0.39 is 36.3 Å². The molecule has 0 saturated carbocycles. The summed E-state index contributed by atoms with van der Waals surface area (Å²) in [6, 6.07) is 5.38. The number of guanidine groups is 1. The van der Waals surface area contributed by atoms with Crippen molar-refractivity contribution in [2.75, 3.05) is 25.5 Å². The number of rotatable bonds is 16. The van der Waals surface area contributed by atoms with Gasteiger partial charge in [0.2, 0.25) is 11.8 Å². The van der Waals surface area contributed by atoms with Gasteiger partial charge in [0.15, 0.2) is 5.96 Å². The van der Waals surface area contributed by atoms with Crippen molar-refractivity contribution in [1.82, 2.24) is 15.6 Å². The van der Waals surface area contributed by atoms with Crippen LogP contribution in [0.4, 0.5) is 5.69 Å². The molecule has 2 amide bonds. The first-order valence-electron chi connectivity index (χ1n) is 12.4. The Morgan fingerprint density at radius 2 is 1.95 bits per heavy atom. The Balaban J connectivity index is 1.76. The number of nitrogens with two attached hydrogens (primary N) is 3. The van der Waals surface area contributed by atoms with E-state index in [1.807, 2.05) is 31.2 Å². The third kappa shape index (κ3) is 10.1. The highest BCUT2D eigenvalue weighted by Gasteiger charge is 2.25. The zero-order chi connectivity index (χ0) is 28.1. The third-order valence-corrected chi connectivity index (χ3v) is 5.76. The molecule has 0 fully saturated rings. The van der Waals surface area contributed by atoms with Crippen molar-refractivity contribution in [3.8, 4) is 5.75 Å². The van der Waals surface area contributed by atoms with E-state index in [1.54, 1.807) is 13.3 Å². The molecule has 1 unspecified atom stereocenters. The lowest BCUT2D eigenvalue weighted by atomic mass is 10.1. The number of aliphatic imine (C=N–C) groups is 1. The van der Waals surface area contributed by atoms with Crippen LogP contribution in [0.15, 0.2) is 35.5 Å². The number of benzene rings is 1. The molecule has 0 bridgehead atoms. The van der Waals surface area contributed by atoms with Gasteiger partial charge in [-0.2, -0.15) is 0 Å². The number of hydrogen-bond acceptors (Lipinski definition) is 8. The van der Waals surface area contributed by atoms with E-state index in [-0.39, 0.29) is 18.4 Å². The van der Waals surface area contributed by atoms with Crippen LogP contribution in [-0.4, -0.2) is 72.2 Å². The molecule has 0 aliphatic rings. The fourth-order valence-corrected chi connectivity index (χ4v) is 3.75. The number of methoxy groups -OCH3 is 1. The van der Waals surface area contributed by atoms with E-state index in [0.29, 0.717) is 25.9 Å². The maximum absolute atomic E-state index is 12.3. The smallest absolute Gasteiger partial charge is 0.326 e. The molecule has 13 heteroatoms. The minimum absolute atomic E-state index is 0.0616. The number of amides is 2. The van der Waals surface area contributed by atoms with Crippen molar-refractivity contribution >= 4 is 40.3 Å². The molecule has 1 heterocycles. The fourth-order valence-electron chi connectivity index (χ4n) is 3.75. The summed E-state index contributed by atoms with van der Waals surface area (Å²) in [6.45, 7) is 2.68. The Kier molecular flexibility index (Phi) is 12.0. The van der Waals surface area contributed by atoms with Crippen LogP contribution >= 0.6 is 0 Å². The second-order valence-corrected chi connectivity index (χ2v) is 8.95. The molecule has 0 aliphatic carbocycles. The summed E-state index contributed by atoms with van der Waals surface area (Å²) in [6.07, 6.45) is 3.42. The van der Waals surface area contributed by atoms with Crippen molar-refractivity contribution in [2.45, 2.75) is 57.2 Å². The van der Waals surface area contributed by atoms with Crippen LogP contribution in [0.5, 0.6) is 5.75 Å². The number of hydrogen-bond donors (Lipinski definition) is 7. The highest BCUT2D eigenvalue weighted by Crippen LogP contribution is 2.28. The molecule has 0 aliphatic heterocycles. The minimum Gasteiger partial charge on any atom is -0.497 e. The predicted octanol–water partition coefficient (Wildman–Crippen LogP) is 0.281. The normalized spacial score (nSPS) is 13.1. The van der Waals surface area contributed by atoms with Crippen molar-refractivity contribution in [3.63, 3.8) is 0 Å². The molecule has 13 nitrogen and oxygen atoms in total. The maximum Gasteiger partial charge on any atom is 0.326 e. The highest BCUT2D eigenvalue weighted by atomic mass is 16.5. The summed E-state index contributed by atoms with van der Waals surface area (Å²) in [5.41, 5.74) is 18.0. The van der Waals surface area contributed by atoms with Gasteiger partial charge in [0.1, 0.15) is 11.8 Å². The summed E-state index contributed by atoms with van der Waals surface area (Å²) in [7, 11) is 1.61. The quantitative estimate of drug-likeness (QED) is 0.0892. The topological polar surface area (TPSA) is 220 Å². The van der Waals surface area contributed by atoms with E-state index in [4.69, 9.17) is 21.9 Å². The number of carboxylic acids is 1. The lowest BCUT2D eigenvalue weighted by Gasteiger charge is -2.18. The number of anilines is 1. The van der Waals surface area contributed by atoms with Gasteiger partial charge < -0.3 is 43.0 Å². The molecule has 1 aromatic carbocycles. The molecule has 2 aromatic rings. The molecule has 0 saturated heterocycles. The van der Waals surface area contributed by atoms with Crippen LogP contribution in [-0.2, 0) is 14.4 Å². The van der Waals surface area contributed by atoms with Gasteiger partial charge in [-0.05, 0) is 44.7 Å². The van der Waals surface area contributed by atoms with Gasteiger partial charge in [0.05, 0.1) is 30.8 Å². The predicted molar refractivity (Wildman–Crippen MR) is 146 cm³/mol. The molecule has 0 radical (unpaired) electrons. The molecular weight excluding hydrogens is 492 g/mol.